The van der Waals surface area contributed by atoms with Crippen molar-refractivity contribution in [3.63, 3.8) is 0 Å². The number of benzene rings is 1. The standard InChI is InChI=1S/C15H18N5O4P/c16-14-13-15(18-9-17-14)20(10-19-13)5-2-6-24-12-4-1-3-11(7-12)8-25(21,22)23/h1,3-4,7,9-10H,2,5-6,8H2,(H2,16,17,18)(H2,21,22,23). The van der Waals surface area contributed by atoms with Gasteiger partial charge in [-0.15, -0.1) is 0 Å². The Morgan fingerprint density at radius 2 is 2.08 bits per heavy atom. The van der Waals surface area contributed by atoms with Gasteiger partial charge >= 0.3 is 7.60 Å². The van der Waals surface area contributed by atoms with E-state index in [2.05, 4.69) is 15.0 Å². The van der Waals surface area contributed by atoms with Crippen LogP contribution in [0.2, 0.25) is 0 Å². The molecule has 0 spiro atoms. The average Bonchev–Trinajstić information content (AvgIpc) is 2.95. The van der Waals surface area contributed by atoms with Crippen molar-refractivity contribution in [3.8, 4) is 5.75 Å². The van der Waals surface area contributed by atoms with E-state index in [0.717, 1.165) is 0 Å². The lowest BCUT2D eigenvalue weighted by Gasteiger charge is -2.09. The number of anilines is 1. The van der Waals surface area contributed by atoms with Gasteiger partial charge in [0.1, 0.15) is 17.6 Å². The summed E-state index contributed by atoms with van der Waals surface area (Å²) in [4.78, 5) is 30.3. The van der Waals surface area contributed by atoms with Crippen LogP contribution in [0.4, 0.5) is 5.82 Å². The molecule has 0 saturated heterocycles. The summed E-state index contributed by atoms with van der Waals surface area (Å²) in [5, 5.41) is 0. The summed E-state index contributed by atoms with van der Waals surface area (Å²) in [7, 11) is -4.09. The first-order valence-electron chi connectivity index (χ1n) is 7.60. The molecule has 1 aromatic carbocycles. The van der Waals surface area contributed by atoms with Crippen molar-refractivity contribution in [2.24, 2.45) is 0 Å². The van der Waals surface area contributed by atoms with Crippen LogP contribution in [0.25, 0.3) is 11.2 Å². The molecular formula is C15H18N5O4P. The minimum atomic E-state index is -4.09. The molecule has 0 aliphatic heterocycles. The van der Waals surface area contributed by atoms with Gasteiger partial charge in [-0.1, -0.05) is 12.1 Å². The highest BCUT2D eigenvalue weighted by Crippen LogP contribution is 2.39. The van der Waals surface area contributed by atoms with E-state index in [4.69, 9.17) is 20.3 Å². The Morgan fingerprint density at radius 3 is 2.88 bits per heavy atom. The summed E-state index contributed by atoms with van der Waals surface area (Å²) < 4.78 is 18.6. The topological polar surface area (TPSA) is 136 Å². The van der Waals surface area contributed by atoms with Crippen LogP contribution in [0, 0.1) is 0 Å². The van der Waals surface area contributed by atoms with Crippen molar-refractivity contribution < 1.29 is 19.1 Å². The van der Waals surface area contributed by atoms with Crippen LogP contribution in [-0.4, -0.2) is 35.9 Å². The van der Waals surface area contributed by atoms with Crippen LogP contribution in [0.1, 0.15) is 12.0 Å². The molecule has 0 atom stereocenters. The summed E-state index contributed by atoms with van der Waals surface area (Å²) in [5.74, 6) is 0.926. The van der Waals surface area contributed by atoms with Crippen molar-refractivity contribution in [2.75, 3.05) is 12.3 Å². The molecule has 0 amide bonds. The molecule has 3 aromatic rings. The smallest absolute Gasteiger partial charge is 0.329 e. The summed E-state index contributed by atoms with van der Waals surface area (Å²) >= 11 is 0. The summed E-state index contributed by atoms with van der Waals surface area (Å²) in [6.45, 7) is 1.09. The van der Waals surface area contributed by atoms with Crippen molar-refractivity contribution in [2.45, 2.75) is 19.1 Å². The maximum Gasteiger partial charge on any atom is 0.329 e. The van der Waals surface area contributed by atoms with E-state index in [-0.39, 0.29) is 6.16 Å². The van der Waals surface area contributed by atoms with Crippen LogP contribution >= 0.6 is 7.60 Å². The fourth-order valence-electron chi connectivity index (χ4n) is 2.46. The van der Waals surface area contributed by atoms with Crippen molar-refractivity contribution in [3.05, 3.63) is 42.5 Å². The van der Waals surface area contributed by atoms with E-state index in [0.29, 0.717) is 47.9 Å². The van der Waals surface area contributed by atoms with Crippen LogP contribution < -0.4 is 10.5 Å². The lowest BCUT2D eigenvalue weighted by molar-refractivity contribution is 0.302. The number of aromatic nitrogens is 4. The number of rotatable bonds is 7. The number of nitrogens with two attached hydrogens (primary N) is 1. The SMILES string of the molecule is Nc1ncnc2c1ncn2CCCOc1cccc(CP(=O)(O)O)c1. The normalized spacial score (nSPS) is 11.8. The summed E-state index contributed by atoms with van der Waals surface area (Å²) in [5.41, 5.74) is 7.55. The first kappa shape index (κ1) is 17.3. The molecule has 9 nitrogen and oxygen atoms in total. The Labute approximate surface area is 143 Å². The molecule has 25 heavy (non-hydrogen) atoms. The second kappa shape index (κ2) is 7.18. The van der Waals surface area contributed by atoms with Gasteiger partial charge in [-0.2, -0.15) is 0 Å². The number of hydrogen-bond donors (Lipinski definition) is 3. The quantitative estimate of drug-likeness (QED) is 0.425. The average molecular weight is 363 g/mol. The Bertz CT molecular complexity index is 923. The third kappa shape index (κ3) is 4.54. The molecule has 0 radical (unpaired) electrons. The van der Waals surface area contributed by atoms with Gasteiger partial charge in [0.15, 0.2) is 11.5 Å². The monoisotopic (exact) mass is 363 g/mol. The van der Waals surface area contributed by atoms with Gasteiger partial charge < -0.3 is 24.8 Å². The zero-order valence-corrected chi connectivity index (χ0v) is 14.2. The molecule has 2 heterocycles. The second-order valence-electron chi connectivity index (χ2n) is 5.54. The number of aryl methyl sites for hydroxylation is 1. The number of ether oxygens (including phenoxy) is 1. The van der Waals surface area contributed by atoms with E-state index in [1.165, 1.54) is 6.33 Å². The fourth-order valence-corrected chi connectivity index (χ4v) is 3.13. The molecule has 3 rings (SSSR count). The Hall–Kier alpha value is -2.48. The van der Waals surface area contributed by atoms with Crippen LogP contribution in [-0.2, 0) is 17.3 Å². The van der Waals surface area contributed by atoms with Gasteiger partial charge in [-0.05, 0) is 24.1 Å². The van der Waals surface area contributed by atoms with E-state index in [1.54, 1.807) is 30.6 Å². The highest BCUT2D eigenvalue weighted by atomic mass is 31.2. The third-order valence-corrected chi connectivity index (χ3v) is 4.31. The molecule has 2 aromatic heterocycles. The van der Waals surface area contributed by atoms with Gasteiger partial charge in [0.05, 0.1) is 19.1 Å². The predicted octanol–water partition coefficient (Wildman–Crippen LogP) is 1.56. The number of hydrogen-bond acceptors (Lipinski definition) is 6. The van der Waals surface area contributed by atoms with E-state index < -0.39 is 7.60 Å². The van der Waals surface area contributed by atoms with Crippen molar-refractivity contribution in [1.82, 2.24) is 19.5 Å². The van der Waals surface area contributed by atoms with Crippen LogP contribution in [0.3, 0.4) is 0 Å². The molecule has 4 N–H and O–H groups in total. The predicted molar refractivity (Wildman–Crippen MR) is 92.0 cm³/mol. The van der Waals surface area contributed by atoms with E-state index >= 15 is 0 Å². The molecule has 10 heteroatoms. The zero-order valence-electron chi connectivity index (χ0n) is 13.3. The first-order chi connectivity index (χ1) is 11.9. The fraction of sp³-hybridized carbons (Fsp3) is 0.267. The van der Waals surface area contributed by atoms with E-state index in [9.17, 15) is 4.57 Å². The lowest BCUT2D eigenvalue weighted by atomic mass is 10.2. The lowest BCUT2D eigenvalue weighted by Crippen LogP contribution is -2.05. The largest absolute Gasteiger partial charge is 0.494 e. The summed E-state index contributed by atoms with van der Waals surface area (Å²) in [6.07, 6.45) is 3.47. The Morgan fingerprint density at radius 1 is 1.24 bits per heavy atom. The summed E-state index contributed by atoms with van der Waals surface area (Å²) in [6, 6.07) is 6.76. The van der Waals surface area contributed by atoms with E-state index in [1.807, 2.05) is 4.57 Å². The van der Waals surface area contributed by atoms with Gasteiger partial charge in [-0.25, -0.2) is 15.0 Å². The molecule has 0 aliphatic rings. The third-order valence-electron chi connectivity index (χ3n) is 3.53. The van der Waals surface area contributed by atoms with Gasteiger partial charge in [0.25, 0.3) is 0 Å². The van der Waals surface area contributed by atoms with Crippen LogP contribution in [0.15, 0.2) is 36.9 Å². The van der Waals surface area contributed by atoms with Crippen LogP contribution in [0.5, 0.6) is 5.75 Å². The minimum absolute atomic E-state index is 0.299. The molecular weight excluding hydrogens is 345 g/mol. The van der Waals surface area contributed by atoms with Gasteiger partial charge in [-0.3, -0.25) is 4.57 Å². The maximum atomic E-state index is 11.1. The molecule has 0 saturated carbocycles. The Kier molecular flexibility index (Phi) is 4.98. The molecule has 132 valence electrons. The Balaban J connectivity index is 1.55. The first-order valence-corrected chi connectivity index (χ1v) is 9.40. The molecule has 0 fully saturated rings. The van der Waals surface area contributed by atoms with Crippen molar-refractivity contribution >= 4 is 24.6 Å². The second-order valence-corrected chi connectivity index (χ2v) is 7.19. The number of nitrogen functional groups attached to an aromatic ring is 1. The van der Waals surface area contributed by atoms with Gasteiger partial charge in [0.2, 0.25) is 0 Å². The molecule has 0 aliphatic carbocycles. The number of nitrogens with zero attached hydrogens (tertiary/aromatic N) is 4. The maximum absolute atomic E-state index is 11.1. The van der Waals surface area contributed by atoms with Crippen molar-refractivity contribution in [1.29, 1.82) is 0 Å². The highest BCUT2D eigenvalue weighted by Gasteiger charge is 2.14. The highest BCUT2D eigenvalue weighted by molar-refractivity contribution is 7.50. The molecule has 0 unspecified atom stereocenters. The van der Waals surface area contributed by atoms with Gasteiger partial charge in [0, 0.05) is 6.54 Å². The number of imidazole rings is 1. The molecule has 0 bridgehead atoms. The number of fused-ring (bicyclic) bond motifs is 1. The zero-order chi connectivity index (χ0) is 17.9. The minimum Gasteiger partial charge on any atom is -0.494 e.